The first kappa shape index (κ1) is 12.7. The van der Waals surface area contributed by atoms with Gasteiger partial charge in [0.2, 0.25) is 0 Å². The highest BCUT2D eigenvalue weighted by atomic mass is 19.4. The van der Waals surface area contributed by atoms with Crippen molar-refractivity contribution in [2.45, 2.75) is 45.2 Å². The monoisotopic (exact) mass is 204 g/mol. The van der Waals surface area contributed by atoms with Crippen LogP contribution in [0.4, 0.5) is 22.0 Å². The van der Waals surface area contributed by atoms with Gasteiger partial charge in [-0.25, -0.2) is 8.78 Å². The minimum Gasteiger partial charge on any atom is -0.206 e. The SMILES string of the molecule is CCCC(F)(F)C(CC)C(F)(F)F. The molecule has 0 aromatic carbocycles. The Bertz CT molecular complexity index is 149. The van der Waals surface area contributed by atoms with Crippen LogP contribution < -0.4 is 0 Å². The molecular weight excluding hydrogens is 191 g/mol. The van der Waals surface area contributed by atoms with Crippen LogP contribution in [-0.4, -0.2) is 12.1 Å². The summed E-state index contributed by atoms with van der Waals surface area (Å²) >= 11 is 0. The van der Waals surface area contributed by atoms with Gasteiger partial charge in [0.25, 0.3) is 5.92 Å². The van der Waals surface area contributed by atoms with Gasteiger partial charge >= 0.3 is 6.18 Å². The Balaban J connectivity index is 4.56. The van der Waals surface area contributed by atoms with Crippen LogP contribution in [0.2, 0.25) is 0 Å². The van der Waals surface area contributed by atoms with Crippen LogP contribution in [0.3, 0.4) is 0 Å². The number of hydrogen-bond donors (Lipinski definition) is 0. The molecule has 0 saturated carbocycles. The van der Waals surface area contributed by atoms with E-state index in [-0.39, 0.29) is 6.42 Å². The van der Waals surface area contributed by atoms with E-state index in [1.54, 1.807) is 0 Å². The first-order chi connectivity index (χ1) is 5.75. The van der Waals surface area contributed by atoms with Crippen LogP contribution in [0, 0.1) is 5.92 Å². The van der Waals surface area contributed by atoms with Gasteiger partial charge in [0.15, 0.2) is 0 Å². The highest BCUT2D eigenvalue weighted by Gasteiger charge is 2.53. The summed E-state index contributed by atoms with van der Waals surface area (Å²) in [5, 5.41) is 0. The Hall–Kier alpha value is -0.350. The van der Waals surface area contributed by atoms with Crippen molar-refractivity contribution in [3.8, 4) is 0 Å². The molecule has 0 aliphatic heterocycles. The Kier molecular flexibility index (Phi) is 4.13. The van der Waals surface area contributed by atoms with E-state index in [4.69, 9.17) is 0 Å². The molecule has 0 fully saturated rings. The first-order valence-corrected chi connectivity index (χ1v) is 4.20. The summed E-state index contributed by atoms with van der Waals surface area (Å²) in [6.07, 6.45) is -6.02. The first-order valence-electron chi connectivity index (χ1n) is 4.20. The van der Waals surface area contributed by atoms with Gasteiger partial charge in [-0.15, -0.1) is 0 Å². The van der Waals surface area contributed by atoms with E-state index in [0.717, 1.165) is 6.92 Å². The summed E-state index contributed by atoms with van der Waals surface area (Å²) in [4.78, 5) is 0. The number of halogens is 5. The molecule has 0 aromatic heterocycles. The summed E-state index contributed by atoms with van der Waals surface area (Å²) in [5.74, 6) is -6.12. The van der Waals surface area contributed by atoms with E-state index in [1.807, 2.05) is 0 Å². The molecule has 0 radical (unpaired) electrons. The summed E-state index contributed by atoms with van der Waals surface area (Å²) in [6.45, 7) is 2.57. The van der Waals surface area contributed by atoms with Crippen molar-refractivity contribution in [2.75, 3.05) is 0 Å². The number of alkyl halides is 5. The average molecular weight is 204 g/mol. The molecule has 13 heavy (non-hydrogen) atoms. The third-order valence-corrected chi connectivity index (χ3v) is 1.90. The Morgan fingerprint density at radius 1 is 1.00 bits per heavy atom. The van der Waals surface area contributed by atoms with Crippen molar-refractivity contribution in [1.29, 1.82) is 0 Å². The molecule has 0 amide bonds. The van der Waals surface area contributed by atoms with Crippen LogP contribution in [0.15, 0.2) is 0 Å². The van der Waals surface area contributed by atoms with E-state index in [2.05, 4.69) is 0 Å². The van der Waals surface area contributed by atoms with Crippen molar-refractivity contribution >= 4 is 0 Å². The lowest BCUT2D eigenvalue weighted by atomic mass is 9.94. The van der Waals surface area contributed by atoms with Gasteiger partial charge in [0, 0.05) is 6.42 Å². The fourth-order valence-electron chi connectivity index (χ4n) is 1.28. The zero-order valence-electron chi connectivity index (χ0n) is 7.59. The topological polar surface area (TPSA) is 0 Å². The lowest BCUT2D eigenvalue weighted by Gasteiger charge is -2.27. The molecule has 1 unspecified atom stereocenters. The Morgan fingerprint density at radius 2 is 1.46 bits per heavy atom. The van der Waals surface area contributed by atoms with E-state index in [9.17, 15) is 22.0 Å². The maximum absolute atomic E-state index is 12.9. The summed E-state index contributed by atoms with van der Waals surface area (Å²) in [6, 6.07) is 0. The maximum atomic E-state index is 12.9. The predicted molar refractivity (Wildman–Crippen MR) is 39.7 cm³/mol. The van der Waals surface area contributed by atoms with Gasteiger partial charge < -0.3 is 0 Å². The second-order valence-corrected chi connectivity index (χ2v) is 3.01. The molecule has 0 saturated heterocycles. The van der Waals surface area contributed by atoms with Crippen molar-refractivity contribution in [1.82, 2.24) is 0 Å². The third-order valence-electron chi connectivity index (χ3n) is 1.90. The van der Waals surface area contributed by atoms with Crippen LogP contribution in [0.25, 0.3) is 0 Å². The quantitative estimate of drug-likeness (QED) is 0.607. The van der Waals surface area contributed by atoms with Gasteiger partial charge in [-0.2, -0.15) is 13.2 Å². The largest absolute Gasteiger partial charge is 0.397 e. The van der Waals surface area contributed by atoms with Crippen molar-refractivity contribution in [3.63, 3.8) is 0 Å². The highest BCUT2D eigenvalue weighted by Crippen LogP contribution is 2.42. The van der Waals surface area contributed by atoms with Crippen molar-refractivity contribution < 1.29 is 22.0 Å². The second-order valence-electron chi connectivity index (χ2n) is 3.01. The van der Waals surface area contributed by atoms with Gasteiger partial charge in [0.1, 0.15) is 5.92 Å². The average Bonchev–Trinajstić information content (AvgIpc) is 1.83. The standard InChI is InChI=1S/C8H13F5/c1-3-5-7(9,10)6(4-2)8(11,12)13/h6H,3-5H2,1-2H3. The molecule has 0 rings (SSSR count). The molecule has 0 aromatic rings. The molecule has 80 valence electrons. The molecule has 0 bridgehead atoms. The number of rotatable bonds is 4. The van der Waals surface area contributed by atoms with Gasteiger partial charge in [-0.3, -0.25) is 0 Å². The summed E-state index contributed by atoms with van der Waals surface area (Å²) in [5.41, 5.74) is 0. The summed E-state index contributed by atoms with van der Waals surface area (Å²) < 4.78 is 61.9. The van der Waals surface area contributed by atoms with Crippen LogP contribution >= 0.6 is 0 Å². The van der Waals surface area contributed by atoms with Gasteiger partial charge in [-0.1, -0.05) is 20.3 Å². The van der Waals surface area contributed by atoms with E-state index in [1.165, 1.54) is 6.92 Å². The fraction of sp³-hybridized carbons (Fsp3) is 1.00. The second kappa shape index (κ2) is 4.24. The summed E-state index contributed by atoms with van der Waals surface area (Å²) in [7, 11) is 0. The van der Waals surface area contributed by atoms with Crippen molar-refractivity contribution in [2.24, 2.45) is 5.92 Å². The minimum absolute atomic E-state index is 0.0551. The molecule has 5 heteroatoms. The number of hydrogen-bond acceptors (Lipinski definition) is 0. The van der Waals surface area contributed by atoms with Gasteiger partial charge in [0.05, 0.1) is 0 Å². The third kappa shape index (κ3) is 3.48. The van der Waals surface area contributed by atoms with E-state index in [0.29, 0.717) is 0 Å². The highest BCUT2D eigenvalue weighted by molar-refractivity contribution is 4.81. The lowest BCUT2D eigenvalue weighted by molar-refractivity contribution is -0.242. The molecule has 0 nitrogen and oxygen atoms in total. The molecule has 0 aliphatic carbocycles. The van der Waals surface area contributed by atoms with E-state index < -0.39 is 30.9 Å². The minimum atomic E-state index is -4.80. The molecular formula is C8H13F5. The zero-order chi connectivity index (χ0) is 10.7. The Labute approximate surface area is 74.1 Å². The molecule has 0 aliphatic rings. The fourth-order valence-corrected chi connectivity index (χ4v) is 1.28. The lowest BCUT2D eigenvalue weighted by Crippen LogP contribution is -2.38. The molecule has 0 N–H and O–H groups in total. The molecule has 0 heterocycles. The van der Waals surface area contributed by atoms with E-state index >= 15 is 0 Å². The van der Waals surface area contributed by atoms with Crippen molar-refractivity contribution in [3.05, 3.63) is 0 Å². The van der Waals surface area contributed by atoms with Gasteiger partial charge in [-0.05, 0) is 6.42 Å². The normalized spacial score (nSPS) is 15.9. The van der Waals surface area contributed by atoms with Crippen LogP contribution in [-0.2, 0) is 0 Å². The molecule has 1 atom stereocenters. The smallest absolute Gasteiger partial charge is 0.206 e. The maximum Gasteiger partial charge on any atom is 0.397 e. The zero-order valence-corrected chi connectivity index (χ0v) is 7.59. The predicted octanol–water partition coefficient (Wildman–Crippen LogP) is 4.01. The molecule has 0 spiro atoms. The Morgan fingerprint density at radius 3 is 1.69 bits per heavy atom. The van der Waals surface area contributed by atoms with Crippen LogP contribution in [0.5, 0.6) is 0 Å². The van der Waals surface area contributed by atoms with Crippen LogP contribution in [0.1, 0.15) is 33.1 Å².